The molecule has 0 aliphatic carbocycles. The molecular weight excluding hydrogens is 865 g/mol. The molecule has 416 valence electrons. The van der Waals surface area contributed by atoms with E-state index in [1.54, 1.807) is 0 Å². The van der Waals surface area contributed by atoms with Gasteiger partial charge in [-0.25, -0.2) is 0 Å². The van der Waals surface area contributed by atoms with Gasteiger partial charge in [-0.2, -0.15) is 0 Å². The molecule has 0 saturated carbocycles. The van der Waals surface area contributed by atoms with Crippen LogP contribution in [0.15, 0.2) is 0 Å². The van der Waals surface area contributed by atoms with E-state index in [0.29, 0.717) is 19.3 Å². The smallest absolute Gasteiger partial charge is 0.306 e. The van der Waals surface area contributed by atoms with Gasteiger partial charge < -0.3 is 14.2 Å². The Kier molecular flexibility index (Phi) is 57.0. The van der Waals surface area contributed by atoms with E-state index in [2.05, 4.69) is 27.7 Å². The maximum absolute atomic E-state index is 12.9. The van der Waals surface area contributed by atoms with E-state index >= 15 is 0 Å². The van der Waals surface area contributed by atoms with Crippen molar-refractivity contribution in [3.63, 3.8) is 0 Å². The van der Waals surface area contributed by atoms with Crippen LogP contribution in [0.1, 0.15) is 368 Å². The maximum Gasteiger partial charge on any atom is 0.306 e. The molecule has 0 N–H and O–H groups in total. The topological polar surface area (TPSA) is 78.9 Å². The van der Waals surface area contributed by atoms with Crippen LogP contribution in [0.5, 0.6) is 0 Å². The highest BCUT2D eigenvalue weighted by molar-refractivity contribution is 5.71. The highest BCUT2D eigenvalue weighted by Gasteiger charge is 2.19. The summed E-state index contributed by atoms with van der Waals surface area (Å²) in [5.74, 6) is 0.0118. The summed E-state index contributed by atoms with van der Waals surface area (Å²) >= 11 is 0. The molecule has 70 heavy (non-hydrogen) atoms. The Hall–Kier alpha value is -1.59. The number of hydrogen-bond acceptors (Lipinski definition) is 6. The lowest BCUT2D eigenvalue weighted by Crippen LogP contribution is -2.30. The molecule has 0 spiro atoms. The van der Waals surface area contributed by atoms with Gasteiger partial charge in [0.05, 0.1) is 0 Å². The predicted octanol–water partition coefficient (Wildman–Crippen LogP) is 21.4. The van der Waals surface area contributed by atoms with Crippen molar-refractivity contribution in [2.75, 3.05) is 13.2 Å². The first-order valence-corrected chi connectivity index (χ1v) is 31.9. The first-order valence-electron chi connectivity index (χ1n) is 31.9. The maximum atomic E-state index is 12.9. The number of unbranched alkanes of at least 4 members (excludes halogenated alkanes) is 46. The van der Waals surface area contributed by atoms with Crippen LogP contribution in [-0.4, -0.2) is 37.2 Å². The standard InChI is InChI=1S/C64H124O6/c1-5-7-9-11-13-15-17-19-21-23-24-26-28-32-37-41-45-49-53-57-64(67)70-61(59-69-63(66)56-52-48-44-40-36-33-29-30-34-38-42-46-50-54-60(3)4)58-68-62(65)55-51-47-43-39-35-31-27-25-22-20-18-16-14-12-10-8-6-2/h60-61H,5-59H2,1-4H3/t61-/m0/s1. The van der Waals surface area contributed by atoms with Crippen LogP contribution < -0.4 is 0 Å². The molecule has 0 aliphatic rings. The molecule has 1 atom stereocenters. The van der Waals surface area contributed by atoms with Gasteiger partial charge in [-0.3, -0.25) is 14.4 Å². The predicted molar refractivity (Wildman–Crippen MR) is 303 cm³/mol. The molecule has 0 aliphatic heterocycles. The normalized spacial score (nSPS) is 12.0. The molecule has 0 heterocycles. The van der Waals surface area contributed by atoms with Gasteiger partial charge in [0.2, 0.25) is 0 Å². The molecule has 0 aromatic heterocycles. The Morgan fingerprint density at radius 3 is 0.700 bits per heavy atom. The summed E-state index contributed by atoms with van der Waals surface area (Å²) in [6.07, 6.45) is 65.3. The fourth-order valence-electron chi connectivity index (χ4n) is 9.99. The quantitative estimate of drug-likeness (QED) is 0.0343. The van der Waals surface area contributed by atoms with Crippen LogP contribution in [0.4, 0.5) is 0 Å². The minimum atomic E-state index is -0.763. The number of carbonyl (C=O) groups is 3. The molecule has 0 unspecified atom stereocenters. The summed E-state index contributed by atoms with van der Waals surface area (Å²) in [5.41, 5.74) is 0. The summed E-state index contributed by atoms with van der Waals surface area (Å²) < 4.78 is 17.0. The van der Waals surface area contributed by atoms with Crippen LogP contribution >= 0.6 is 0 Å². The molecule has 6 heteroatoms. The molecule has 0 saturated heterocycles. The molecular formula is C64H124O6. The highest BCUT2D eigenvalue weighted by Crippen LogP contribution is 2.19. The number of carbonyl (C=O) groups excluding carboxylic acids is 3. The number of esters is 3. The van der Waals surface area contributed by atoms with Crippen molar-refractivity contribution in [2.45, 2.75) is 374 Å². The SMILES string of the molecule is CCCCCCCCCCCCCCCCCCCCCC(=O)O[C@@H](COC(=O)CCCCCCCCCCCCCCCCCCC)COC(=O)CCCCCCCCCCCCCCCC(C)C. The summed E-state index contributed by atoms with van der Waals surface area (Å²) in [5, 5.41) is 0. The Morgan fingerprint density at radius 2 is 0.471 bits per heavy atom. The highest BCUT2D eigenvalue weighted by atomic mass is 16.6. The number of ether oxygens (including phenoxy) is 3. The second-order valence-corrected chi connectivity index (χ2v) is 22.5. The zero-order chi connectivity index (χ0) is 50.9. The van der Waals surface area contributed by atoms with E-state index in [9.17, 15) is 14.4 Å². The Labute approximate surface area is 438 Å². The van der Waals surface area contributed by atoms with Crippen molar-refractivity contribution in [2.24, 2.45) is 5.92 Å². The van der Waals surface area contributed by atoms with Crippen LogP contribution in [0.3, 0.4) is 0 Å². The molecule has 0 fully saturated rings. The van der Waals surface area contributed by atoms with E-state index in [4.69, 9.17) is 14.2 Å². The average molecular weight is 990 g/mol. The van der Waals surface area contributed by atoms with Crippen molar-refractivity contribution < 1.29 is 28.6 Å². The zero-order valence-electron chi connectivity index (χ0n) is 48.0. The third kappa shape index (κ3) is 57.3. The third-order valence-electron chi connectivity index (χ3n) is 14.8. The van der Waals surface area contributed by atoms with Crippen molar-refractivity contribution in [1.82, 2.24) is 0 Å². The average Bonchev–Trinajstić information content (AvgIpc) is 3.35. The van der Waals surface area contributed by atoms with Gasteiger partial charge in [-0.05, 0) is 25.2 Å². The van der Waals surface area contributed by atoms with E-state index in [0.717, 1.165) is 63.7 Å². The van der Waals surface area contributed by atoms with Gasteiger partial charge in [-0.15, -0.1) is 0 Å². The van der Waals surface area contributed by atoms with Gasteiger partial charge in [0, 0.05) is 19.3 Å². The first kappa shape index (κ1) is 68.4. The Balaban J connectivity index is 4.28. The summed E-state index contributed by atoms with van der Waals surface area (Å²) in [7, 11) is 0. The minimum Gasteiger partial charge on any atom is -0.462 e. The van der Waals surface area contributed by atoms with E-state index in [1.807, 2.05) is 0 Å². The fourth-order valence-corrected chi connectivity index (χ4v) is 9.99. The fraction of sp³-hybridized carbons (Fsp3) is 0.953. The van der Waals surface area contributed by atoms with Crippen LogP contribution in [-0.2, 0) is 28.6 Å². The third-order valence-corrected chi connectivity index (χ3v) is 14.8. The minimum absolute atomic E-state index is 0.0612. The van der Waals surface area contributed by atoms with Gasteiger partial charge in [-0.1, -0.05) is 329 Å². The molecule has 6 nitrogen and oxygen atoms in total. The molecule has 0 aromatic carbocycles. The van der Waals surface area contributed by atoms with Crippen molar-refractivity contribution >= 4 is 17.9 Å². The van der Waals surface area contributed by atoms with Gasteiger partial charge in [0.15, 0.2) is 6.10 Å². The lowest BCUT2D eigenvalue weighted by atomic mass is 10.0. The Bertz CT molecular complexity index is 1060. The zero-order valence-corrected chi connectivity index (χ0v) is 48.0. The van der Waals surface area contributed by atoms with E-state index < -0.39 is 6.10 Å². The number of hydrogen-bond donors (Lipinski definition) is 0. The summed E-state index contributed by atoms with van der Waals surface area (Å²) in [4.78, 5) is 38.3. The second kappa shape index (κ2) is 58.3. The largest absolute Gasteiger partial charge is 0.462 e. The van der Waals surface area contributed by atoms with Gasteiger partial charge in [0.1, 0.15) is 13.2 Å². The van der Waals surface area contributed by atoms with Crippen molar-refractivity contribution in [1.29, 1.82) is 0 Å². The summed E-state index contributed by atoms with van der Waals surface area (Å²) in [6.45, 7) is 9.09. The van der Waals surface area contributed by atoms with Crippen LogP contribution in [0, 0.1) is 5.92 Å². The van der Waals surface area contributed by atoms with Crippen molar-refractivity contribution in [3.8, 4) is 0 Å². The molecule has 0 radical (unpaired) electrons. The second-order valence-electron chi connectivity index (χ2n) is 22.5. The van der Waals surface area contributed by atoms with E-state index in [-0.39, 0.29) is 31.1 Å². The molecule has 0 rings (SSSR count). The monoisotopic (exact) mass is 989 g/mol. The van der Waals surface area contributed by atoms with Gasteiger partial charge >= 0.3 is 17.9 Å². The number of rotatable bonds is 59. The lowest BCUT2D eigenvalue weighted by molar-refractivity contribution is -0.167. The van der Waals surface area contributed by atoms with Crippen LogP contribution in [0.25, 0.3) is 0 Å². The van der Waals surface area contributed by atoms with Gasteiger partial charge in [0.25, 0.3) is 0 Å². The van der Waals surface area contributed by atoms with Crippen LogP contribution in [0.2, 0.25) is 0 Å². The molecule has 0 bridgehead atoms. The van der Waals surface area contributed by atoms with Crippen molar-refractivity contribution in [3.05, 3.63) is 0 Å². The molecule has 0 aromatic rings. The van der Waals surface area contributed by atoms with E-state index in [1.165, 1.54) is 263 Å². The summed E-state index contributed by atoms with van der Waals surface area (Å²) in [6, 6.07) is 0. The Morgan fingerprint density at radius 1 is 0.271 bits per heavy atom. The first-order chi connectivity index (χ1) is 34.4. The lowest BCUT2D eigenvalue weighted by Gasteiger charge is -2.18. The molecule has 0 amide bonds.